The quantitative estimate of drug-likeness (QED) is 0.377. The number of fused-ring (bicyclic) bond motifs is 4. The summed E-state index contributed by atoms with van der Waals surface area (Å²) in [6, 6.07) is 0. The fourth-order valence-corrected chi connectivity index (χ4v) is 9.19. The highest BCUT2D eigenvalue weighted by molar-refractivity contribution is 5.66. The Hall–Kier alpha value is -1.21. The molecule has 0 bridgehead atoms. The Bertz CT molecular complexity index is 980. The highest BCUT2D eigenvalue weighted by Crippen LogP contribution is 2.72. The van der Waals surface area contributed by atoms with Gasteiger partial charge in [-0.05, 0) is 73.7 Å². The number of carboxylic acid groups (broad SMARTS) is 1. The van der Waals surface area contributed by atoms with Crippen LogP contribution in [0.2, 0.25) is 0 Å². The SMILES string of the molecule is CC1(C)CC2=C3C=C[C@@H]4[C@@](C)(CCC(=O)O)[C@H]([C@](C)(O)CO)C[C@H](O)[C@@]4(C)[C@]3(C)CC[C@@]2(C)[C@H](O)C1. The van der Waals surface area contributed by atoms with Crippen LogP contribution in [0.4, 0.5) is 0 Å². The number of aliphatic carboxylic acids is 1. The second-order valence-corrected chi connectivity index (χ2v) is 14.5. The van der Waals surface area contributed by atoms with E-state index >= 15 is 0 Å². The molecule has 4 aliphatic carbocycles. The lowest BCUT2D eigenvalue weighted by Gasteiger charge is -2.69. The Morgan fingerprint density at radius 2 is 1.72 bits per heavy atom. The summed E-state index contributed by atoms with van der Waals surface area (Å²) in [6.07, 6.45) is 7.18. The van der Waals surface area contributed by atoms with E-state index in [-0.39, 0.29) is 28.6 Å². The van der Waals surface area contributed by atoms with E-state index in [0.717, 1.165) is 25.7 Å². The van der Waals surface area contributed by atoms with Crippen LogP contribution in [-0.4, -0.2) is 55.9 Å². The van der Waals surface area contributed by atoms with E-state index in [2.05, 4.69) is 46.8 Å². The molecular weight excluding hydrogens is 456 g/mol. The predicted molar refractivity (Wildman–Crippen MR) is 139 cm³/mol. The van der Waals surface area contributed by atoms with Gasteiger partial charge in [-0.15, -0.1) is 0 Å². The Kier molecular flexibility index (Phi) is 6.49. The van der Waals surface area contributed by atoms with Gasteiger partial charge in [0.1, 0.15) is 0 Å². The number of hydrogen-bond acceptors (Lipinski definition) is 5. The van der Waals surface area contributed by atoms with E-state index in [0.29, 0.717) is 12.8 Å². The Morgan fingerprint density at radius 1 is 1.08 bits per heavy atom. The van der Waals surface area contributed by atoms with E-state index in [9.17, 15) is 30.3 Å². The van der Waals surface area contributed by atoms with E-state index < -0.39 is 47.1 Å². The molecule has 36 heavy (non-hydrogen) atoms. The van der Waals surface area contributed by atoms with E-state index in [1.165, 1.54) is 11.1 Å². The third-order valence-electron chi connectivity index (χ3n) is 11.8. The van der Waals surface area contributed by atoms with Crippen LogP contribution in [0.3, 0.4) is 0 Å². The fourth-order valence-electron chi connectivity index (χ4n) is 9.19. The summed E-state index contributed by atoms with van der Waals surface area (Å²) < 4.78 is 0. The first-order valence-corrected chi connectivity index (χ1v) is 13.7. The van der Waals surface area contributed by atoms with Crippen molar-refractivity contribution in [2.24, 2.45) is 38.9 Å². The van der Waals surface area contributed by atoms with Gasteiger partial charge in [-0.3, -0.25) is 4.79 Å². The molecule has 0 radical (unpaired) electrons. The molecule has 2 fully saturated rings. The van der Waals surface area contributed by atoms with Crippen molar-refractivity contribution < 1.29 is 30.3 Å². The molecule has 204 valence electrons. The minimum atomic E-state index is -1.44. The minimum absolute atomic E-state index is 0.0167. The summed E-state index contributed by atoms with van der Waals surface area (Å²) in [5, 5.41) is 54.1. The van der Waals surface area contributed by atoms with Crippen LogP contribution in [0.25, 0.3) is 0 Å². The lowest BCUT2D eigenvalue weighted by Crippen LogP contribution is -2.67. The van der Waals surface area contributed by atoms with Crippen molar-refractivity contribution >= 4 is 5.97 Å². The highest BCUT2D eigenvalue weighted by atomic mass is 16.4. The van der Waals surface area contributed by atoms with Crippen molar-refractivity contribution in [3.8, 4) is 0 Å². The van der Waals surface area contributed by atoms with Gasteiger partial charge in [0.15, 0.2) is 0 Å². The molecule has 0 saturated heterocycles. The molecule has 0 aliphatic heterocycles. The number of aliphatic hydroxyl groups is 4. The molecule has 0 aromatic carbocycles. The van der Waals surface area contributed by atoms with Crippen LogP contribution in [0.5, 0.6) is 0 Å². The van der Waals surface area contributed by atoms with Gasteiger partial charge >= 0.3 is 5.97 Å². The molecule has 5 N–H and O–H groups in total. The van der Waals surface area contributed by atoms with Gasteiger partial charge in [-0.25, -0.2) is 0 Å². The van der Waals surface area contributed by atoms with Crippen molar-refractivity contribution in [2.75, 3.05) is 6.61 Å². The number of rotatable bonds is 5. The smallest absolute Gasteiger partial charge is 0.303 e. The summed E-state index contributed by atoms with van der Waals surface area (Å²) in [7, 11) is 0. The summed E-state index contributed by atoms with van der Waals surface area (Å²) in [4.78, 5) is 11.7. The van der Waals surface area contributed by atoms with Gasteiger partial charge < -0.3 is 25.5 Å². The van der Waals surface area contributed by atoms with E-state index in [4.69, 9.17) is 0 Å². The Labute approximate surface area is 216 Å². The summed E-state index contributed by atoms with van der Waals surface area (Å²) >= 11 is 0. The lowest BCUT2D eigenvalue weighted by molar-refractivity contribution is -0.219. The molecule has 0 aromatic heterocycles. The minimum Gasteiger partial charge on any atom is -0.481 e. The average Bonchev–Trinajstić information content (AvgIpc) is 2.77. The zero-order valence-corrected chi connectivity index (χ0v) is 23.3. The van der Waals surface area contributed by atoms with Gasteiger partial charge in [0.05, 0.1) is 24.4 Å². The third-order valence-corrected chi connectivity index (χ3v) is 11.8. The van der Waals surface area contributed by atoms with E-state index in [1.807, 2.05) is 6.92 Å². The van der Waals surface area contributed by atoms with Crippen LogP contribution in [0, 0.1) is 38.9 Å². The maximum Gasteiger partial charge on any atom is 0.303 e. The Balaban J connectivity index is 1.93. The molecule has 2 saturated carbocycles. The molecule has 4 rings (SSSR count). The van der Waals surface area contributed by atoms with Crippen LogP contribution >= 0.6 is 0 Å². The average molecular weight is 505 g/mol. The lowest BCUT2D eigenvalue weighted by atomic mass is 9.36. The summed E-state index contributed by atoms with van der Waals surface area (Å²) in [5.41, 5.74) is -0.799. The first-order valence-electron chi connectivity index (χ1n) is 13.7. The van der Waals surface area contributed by atoms with Crippen molar-refractivity contribution in [2.45, 2.75) is 111 Å². The molecule has 0 unspecified atom stereocenters. The first kappa shape index (κ1) is 27.8. The van der Waals surface area contributed by atoms with Crippen molar-refractivity contribution in [3.63, 3.8) is 0 Å². The van der Waals surface area contributed by atoms with Gasteiger partial charge in [0.2, 0.25) is 0 Å². The Morgan fingerprint density at radius 3 is 2.31 bits per heavy atom. The summed E-state index contributed by atoms with van der Waals surface area (Å²) in [6.45, 7) is 14.2. The molecule has 6 nitrogen and oxygen atoms in total. The van der Waals surface area contributed by atoms with Crippen LogP contribution in [0.1, 0.15) is 93.4 Å². The largest absolute Gasteiger partial charge is 0.481 e. The monoisotopic (exact) mass is 504 g/mol. The van der Waals surface area contributed by atoms with Crippen LogP contribution in [0.15, 0.2) is 23.3 Å². The molecular formula is C30H48O6. The topological polar surface area (TPSA) is 118 Å². The molecule has 0 amide bonds. The van der Waals surface area contributed by atoms with Crippen LogP contribution in [-0.2, 0) is 4.79 Å². The number of carbonyl (C=O) groups is 1. The number of aliphatic hydroxyl groups excluding tert-OH is 3. The standard InChI is InChI=1S/C30H48O6/c1-25(2)15-19-18-8-9-20-27(4,11-10-24(34)35)21(29(6,36)17-31)14-22(32)30(20,7)28(18,5)13-12-26(19,3)23(33)16-25/h8-9,20-23,31-33,36H,10-17H2,1-7H3,(H,34,35)/t20-,21-,22+,23-,26-,27-,28-,29-,30+/m1/s1. The number of hydrogen-bond donors (Lipinski definition) is 5. The second kappa shape index (κ2) is 8.39. The zero-order valence-electron chi connectivity index (χ0n) is 23.3. The molecule has 4 aliphatic rings. The molecule has 9 atom stereocenters. The van der Waals surface area contributed by atoms with Crippen molar-refractivity contribution in [1.82, 2.24) is 0 Å². The van der Waals surface area contributed by atoms with Crippen molar-refractivity contribution in [3.05, 3.63) is 23.3 Å². The summed E-state index contributed by atoms with van der Waals surface area (Å²) in [5.74, 6) is -1.53. The molecule has 0 aromatic rings. The number of allylic oxidation sites excluding steroid dienone is 3. The fraction of sp³-hybridized carbons (Fsp3) is 0.833. The third kappa shape index (κ3) is 3.69. The number of carboxylic acids is 1. The van der Waals surface area contributed by atoms with Gasteiger partial charge in [-0.1, -0.05) is 59.3 Å². The highest BCUT2D eigenvalue weighted by Gasteiger charge is 2.68. The van der Waals surface area contributed by atoms with Gasteiger partial charge in [-0.2, -0.15) is 0 Å². The zero-order chi connectivity index (χ0) is 27.1. The van der Waals surface area contributed by atoms with E-state index in [1.54, 1.807) is 6.92 Å². The molecule has 6 heteroatoms. The maximum atomic E-state index is 11.9. The predicted octanol–water partition coefficient (Wildman–Crippen LogP) is 4.46. The molecule has 0 heterocycles. The first-order chi connectivity index (χ1) is 16.4. The normalized spacial score (nSPS) is 47.4. The van der Waals surface area contributed by atoms with Crippen molar-refractivity contribution in [1.29, 1.82) is 0 Å². The van der Waals surface area contributed by atoms with Gasteiger partial charge in [0, 0.05) is 22.7 Å². The second-order valence-electron chi connectivity index (χ2n) is 14.5. The molecule has 0 spiro atoms. The van der Waals surface area contributed by atoms with Crippen LogP contribution < -0.4 is 0 Å². The van der Waals surface area contributed by atoms with Gasteiger partial charge in [0.25, 0.3) is 0 Å². The maximum absolute atomic E-state index is 11.9.